The average molecular weight is 629 g/mol. The van der Waals surface area contributed by atoms with Gasteiger partial charge >= 0.3 is 12.1 Å². The van der Waals surface area contributed by atoms with Gasteiger partial charge in [-0.1, -0.05) is 50.6 Å². The van der Waals surface area contributed by atoms with E-state index in [1.807, 2.05) is 45.0 Å². The van der Waals surface area contributed by atoms with Crippen molar-refractivity contribution in [3.63, 3.8) is 0 Å². The van der Waals surface area contributed by atoms with Crippen molar-refractivity contribution in [3.05, 3.63) is 64.3 Å². The van der Waals surface area contributed by atoms with Crippen LogP contribution in [0.25, 0.3) is 10.9 Å². The van der Waals surface area contributed by atoms with Gasteiger partial charge in [0.15, 0.2) is 0 Å². The standard InChI is InChI=1S/C34H45ClN2O5S/c1-32(2,3)42-31(40)36-17-9-10-28(36)41-21-23-13-16-26-25(18-23)29(43-33(4,5)6)27(19-34(7,8)30(38)39)37(26)20-22-11-14-24(35)15-12-22/h11-16,18,28H,9-10,17,19-21H2,1-8H3,(H,38,39)/t28-/m0/s1. The molecule has 3 aromatic rings. The summed E-state index contributed by atoms with van der Waals surface area (Å²) in [7, 11) is 0. The van der Waals surface area contributed by atoms with E-state index in [1.165, 1.54) is 0 Å². The number of benzene rings is 2. The van der Waals surface area contributed by atoms with Crippen LogP contribution in [0.3, 0.4) is 0 Å². The lowest BCUT2D eigenvalue weighted by Gasteiger charge is -2.28. The molecule has 1 fully saturated rings. The van der Waals surface area contributed by atoms with Crippen LogP contribution in [0.1, 0.15) is 85.1 Å². The number of aliphatic carboxylic acids is 1. The summed E-state index contributed by atoms with van der Waals surface area (Å²) in [4.78, 5) is 27.8. The van der Waals surface area contributed by atoms with E-state index >= 15 is 0 Å². The van der Waals surface area contributed by atoms with E-state index in [0.717, 1.165) is 45.5 Å². The zero-order chi connectivity index (χ0) is 31.7. The fourth-order valence-corrected chi connectivity index (χ4v) is 6.50. The highest BCUT2D eigenvalue weighted by Crippen LogP contribution is 2.43. The molecule has 9 heteroatoms. The van der Waals surface area contributed by atoms with Gasteiger partial charge in [-0.25, -0.2) is 4.79 Å². The molecule has 2 heterocycles. The molecule has 0 bridgehead atoms. The molecule has 1 atom stereocenters. The monoisotopic (exact) mass is 628 g/mol. The van der Waals surface area contributed by atoms with Crippen LogP contribution in [0, 0.1) is 5.41 Å². The van der Waals surface area contributed by atoms with Gasteiger partial charge in [-0.05, 0) is 82.9 Å². The second-order valence-corrected chi connectivity index (χ2v) is 16.3. The molecule has 0 radical (unpaired) electrons. The number of carbonyl (C=O) groups excluding carboxylic acids is 1. The minimum Gasteiger partial charge on any atom is -0.481 e. The van der Waals surface area contributed by atoms with Crippen molar-refractivity contribution in [2.45, 2.75) is 109 Å². The van der Waals surface area contributed by atoms with Crippen LogP contribution in [-0.2, 0) is 33.8 Å². The van der Waals surface area contributed by atoms with Crippen LogP contribution >= 0.6 is 23.4 Å². The molecule has 0 aliphatic carbocycles. The molecule has 7 nitrogen and oxygen atoms in total. The third-order valence-corrected chi connectivity index (χ3v) is 8.83. The predicted molar refractivity (Wildman–Crippen MR) is 174 cm³/mol. The number of carboxylic acids is 1. The Morgan fingerprint density at radius 1 is 1.00 bits per heavy atom. The number of aromatic nitrogens is 1. The van der Waals surface area contributed by atoms with Gasteiger partial charge in [-0.3, -0.25) is 9.69 Å². The van der Waals surface area contributed by atoms with E-state index in [0.29, 0.717) is 31.1 Å². The van der Waals surface area contributed by atoms with Gasteiger partial charge in [0.1, 0.15) is 11.8 Å². The zero-order valence-electron chi connectivity index (χ0n) is 26.6. The van der Waals surface area contributed by atoms with E-state index in [-0.39, 0.29) is 17.1 Å². The van der Waals surface area contributed by atoms with E-state index in [1.54, 1.807) is 30.5 Å². The second-order valence-electron chi connectivity index (χ2n) is 14.0. The number of hydrogen-bond donors (Lipinski definition) is 1. The summed E-state index contributed by atoms with van der Waals surface area (Å²) in [5, 5.41) is 11.8. The largest absolute Gasteiger partial charge is 0.481 e. The Labute approximate surface area is 264 Å². The molecule has 4 rings (SSSR count). The SMILES string of the molecule is CC(C)(C)OC(=O)N1CCC[C@@H]1OCc1ccc2c(c1)c(SC(C)(C)C)c(CC(C)(C)C(=O)O)n2Cc1ccc(Cl)cc1. The van der Waals surface area contributed by atoms with Gasteiger partial charge in [-0.2, -0.15) is 0 Å². The average Bonchev–Trinajstić information content (AvgIpc) is 3.46. The summed E-state index contributed by atoms with van der Waals surface area (Å²) in [6.45, 7) is 17.2. The molecule has 1 saturated heterocycles. The zero-order valence-corrected chi connectivity index (χ0v) is 28.2. The van der Waals surface area contributed by atoms with E-state index in [9.17, 15) is 14.7 Å². The van der Waals surface area contributed by atoms with Crippen LogP contribution in [0.4, 0.5) is 4.79 Å². The smallest absolute Gasteiger partial charge is 0.412 e. The first kappa shape index (κ1) is 33.2. The summed E-state index contributed by atoms with van der Waals surface area (Å²) in [6.07, 6.45) is 1.32. The Balaban J connectivity index is 1.73. The van der Waals surface area contributed by atoms with Crippen molar-refractivity contribution in [2.75, 3.05) is 6.54 Å². The number of rotatable bonds is 9. The van der Waals surface area contributed by atoms with Crippen LogP contribution < -0.4 is 0 Å². The summed E-state index contributed by atoms with van der Waals surface area (Å²) in [6, 6.07) is 14.1. The predicted octanol–water partition coefficient (Wildman–Crippen LogP) is 8.76. The van der Waals surface area contributed by atoms with Crippen molar-refractivity contribution in [3.8, 4) is 0 Å². The first-order chi connectivity index (χ1) is 19.9. The van der Waals surface area contributed by atoms with Crippen molar-refractivity contribution >= 4 is 46.3 Å². The van der Waals surface area contributed by atoms with Crippen LogP contribution in [0.2, 0.25) is 5.02 Å². The molecular formula is C34H45ClN2O5S. The van der Waals surface area contributed by atoms with Crippen LogP contribution in [0.5, 0.6) is 0 Å². The maximum Gasteiger partial charge on any atom is 0.412 e. The first-order valence-corrected chi connectivity index (χ1v) is 16.0. The molecule has 1 aliphatic rings. The number of carbonyl (C=O) groups is 2. The molecule has 0 spiro atoms. The molecule has 0 saturated carbocycles. The number of hydrogen-bond acceptors (Lipinski definition) is 5. The number of ether oxygens (including phenoxy) is 2. The molecule has 234 valence electrons. The summed E-state index contributed by atoms with van der Waals surface area (Å²) in [5.74, 6) is -0.831. The molecule has 2 aromatic carbocycles. The van der Waals surface area contributed by atoms with Crippen molar-refractivity contribution in [1.82, 2.24) is 9.47 Å². The topological polar surface area (TPSA) is 81.0 Å². The summed E-state index contributed by atoms with van der Waals surface area (Å²) >= 11 is 7.93. The van der Waals surface area contributed by atoms with Gasteiger partial charge in [0.2, 0.25) is 0 Å². The maximum atomic E-state index is 12.8. The molecule has 0 unspecified atom stereocenters. The quantitative estimate of drug-likeness (QED) is 0.239. The summed E-state index contributed by atoms with van der Waals surface area (Å²) < 4.78 is 14.1. The third-order valence-electron chi connectivity index (χ3n) is 7.30. The van der Waals surface area contributed by atoms with Gasteiger partial charge in [0, 0.05) is 50.8 Å². The number of nitrogens with zero attached hydrogens (tertiary/aromatic N) is 2. The molecule has 1 aliphatic heterocycles. The normalized spacial score (nSPS) is 16.2. The van der Waals surface area contributed by atoms with Crippen molar-refractivity contribution in [1.29, 1.82) is 0 Å². The van der Waals surface area contributed by atoms with Crippen LogP contribution in [-0.4, -0.2) is 49.8 Å². The van der Waals surface area contributed by atoms with Gasteiger partial charge < -0.3 is 19.1 Å². The van der Waals surface area contributed by atoms with Gasteiger partial charge in [0.05, 0.1) is 12.0 Å². The number of thioether (sulfide) groups is 1. The number of carboxylic acid groups (broad SMARTS) is 1. The van der Waals surface area contributed by atoms with Crippen LogP contribution in [0.15, 0.2) is 47.4 Å². The van der Waals surface area contributed by atoms with E-state index in [4.69, 9.17) is 21.1 Å². The Bertz CT molecular complexity index is 1470. The first-order valence-electron chi connectivity index (χ1n) is 14.9. The fraction of sp³-hybridized carbons (Fsp3) is 0.529. The van der Waals surface area contributed by atoms with Crippen molar-refractivity contribution in [2.24, 2.45) is 5.41 Å². The molecule has 1 amide bonds. The molecule has 1 N–H and O–H groups in total. The number of amides is 1. The third kappa shape index (κ3) is 8.49. The van der Waals surface area contributed by atoms with E-state index < -0.39 is 17.0 Å². The Morgan fingerprint density at radius 2 is 1.65 bits per heavy atom. The molecule has 43 heavy (non-hydrogen) atoms. The molecular weight excluding hydrogens is 584 g/mol. The molecule has 1 aromatic heterocycles. The Hall–Kier alpha value is -2.68. The number of fused-ring (bicyclic) bond motifs is 1. The fourth-order valence-electron chi connectivity index (χ4n) is 5.19. The van der Waals surface area contributed by atoms with Gasteiger partial charge in [-0.15, -0.1) is 11.8 Å². The summed E-state index contributed by atoms with van der Waals surface area (Å²) in [5.41, 5.74) is 2.59. The number of halogens is 1. The lowest BCUT2D eigenvalue weighted by Crippen LogP contribution is -2.40. The lowest BCUT2D eigenvalue weighted by molar-refractivity contribution is -0.146. The maximum absolute atomic E-state index is 12.8. The Kier molecular flexibility index (Phi) is 9.84. The lowest BCUT2D eigenvalue weighted by atomic mass is 9.88. The highest BCUT2D eigenvalue weighted by atomic mass is 35.5. The Morgan fingerprint density at radius 3 is 2.26 bits per heavy atom. The second kappa shape index (κ2) is 12.7. The van der Waals surface area contributed by atoms with Crippen molar-refractivity contribution < 1.29 is 24.2 Å². The highest BCUT2D eigenvalue weighted by Gasteiger charge is 2.34. The number of likely N-dealkylation sites (tertiary alicyclic amines) is 1. The highest BCUT2D eigenvalue weighted by molar-refractivity contribution is 8.00. The minimum atomic E-state index is -0.959. The van der Waals surface area contributed by atoms with E-state index in [2.05, 4.69) is 43.5 Å². The minimum absolute atomic E-state index is 0.105. The van der Waals surface area contributed by atoms with Gasteiger partial charge in [0.25, 0.3) is 0 Å².